The Labute approximate surface area is 99.2 Å². The van der Waals surface area contributed by atoms with Gasteiger partial charge < -0.3 is 10.1 Å². The summed E-state index contributed by atoms with van der Waals surface area (Å²) in [7, 11) is 1.55. The molecule has 0 saturated carbocycles. The summed E-state index contributed by atoms with van der Waals surface area (Å²) in [5.41, 5.74) is 1.58. The molecule has 0 aliphatic rings. The van der Waals surface area contributed by atoms with Crippen molar-refractivity contribution in [2.24, 2.45) is 0 Å². The van der Waals surface area contributed by atoms with Crippen LogP contribution in [0.5, 0.6) is 5.75 Å². The van der Waals surface area contributed by atoms with Gasteiger partial charge in [0.15, 0.2) is 0 Å². The molecule has 0 atom stereocenters. The van der Waals surface area contributed by atoms with Crippen molar-refractivity contribution in [3.05, 3.63) is 22.7 Å². The molecule has 1 aromatic rings. The van der Waals surface area contributed by atoms with E-state index in [1.54, 1.807) is 19.2 Å². The predicted octanol–water partition coefficient (Wildman–Crippen LogP) is 2.53. The molecule has 0 spiro atoms. The number of methoxy groups -OCH3 is 1. The average molecular weight is 246 g/mol. The van der Waals surface area contributed by atoms with E-state index in [-0.39, 0.29) is 11.7 Å². The summed E-state index contributed by atoms with van der Waals surface area (Å²) in [6, 6.07) is 3.44. The van der Waals surface area contributed by atoms with Crippen LogP contribution in [-0.4, -0.2) is 18.8 Å². The van der Waals surface area contributed by atoms with Crippen molar-refractivity contribution in [1.29, 1.82) is 0 Å². The third-order valence-corrected chi connectivity index (χ3v) is 2.50. The van der Waals surface area contributed by atoms with Crippen LogP contribution in [0.15, 0.2) is 12.1 Å². The van der Waals surface area contributed by atoms with Crippen molar-refractivity contribution in [2.75, 3.05) is 18.2 Å². The summed E-state index contributed by atoms with van der Waals surface area (Å²) < 4.78 is 5.05. The van der Waals surface area contributed by atoms with E-state index >= 15 is 0 Å². The fourth-order valence-electron chi connectivity index (χ4n) is 1.14. The maximum absolute atomic E-state index is 11.1. The van der Waals surface area contributed by atoms with Crippen LogP contribution in [0.1, 0.15) is 5.56 Å². The maximum Gasteiger partial charge on any atom is 0.234 e. The predicted molar refractivity (Wildman–Crippen MR) is 65.2 cm³/mol. The largest absolute Gasteiger partial charge is 0.495 e. The number of carbonyl (C=O) groups is 1. The number of benzene rings is 1. The highest BCUT2D eigenvalue weighted by Crippen LogP contribution is 2.30. The van der Waals surface area contributed by atoms with Crippen LogP contribution >= 0.6 is 24.2 Å². The molecule has 1 rings (SSSR count). The van der Waals surface area contributed by atoms with Gasteiger partial charge >= 0.3 is 0 Å². The lowest BCUT2D eigenvalue weighted by atomic mass is 10.2. The van der Waals surface area contributed by atoms with Crippen molar-refractivity contribution in [3.63, 3.8) is 0 Å². The first-order valence-electron chi connectivity index (χ1n) is 4.33. The van der Waals surface area contributed by atoms with Crippen LogP contribution in [0.2, 0.25) is 5.02 Å². The third kappa shape index (κ3) is 3.04. The molecule has 15 heavy (non-hydrogen) atoms. The maximum atomic E-state index is 11.1. The monoisotopic (exact) mass is 245 g/mol. The molecular formula is C10H12ClNO2S. The summed E-state index contributed by atoms with van der Waals surface area (Å²) in [6.07, 6.45) is 0. The Morgan fingerprint density at radius 1 is 1.60 bits per heavy atom. The minimum atomic E-state index is -0.164. The summed E-state index contributed by atoms with van der Waals surface area (Å²) in [6.45, 7) is 1.87. The number of thiol groups is 1. The van der Waals surface area contributed by atoms with E-state index < -0.39 is 0 Å². The smallest absolute Gasteiger partial charge is 0.234 e. The van der Waals surface area contributed by atoms with Gasteiger partial charge in [-0.3, -0.25) is 4.79 Å². The molecular weight excluding hydrogens is 234 g/mol. The van der Waals surface area contributed by atoms with Crippen LogP contribution in [0.3, 0.4) is 0 Å². The Morgan fingerprint density at radius 2 is 2.27 bits per heavy atom. The summed E-state index contributed by atoms with van der Waals surface area (Å²) >= 11 is 9.81. The van der Waals surface area contributed by atoms with Crippen LogP contribution in [0.25, 0.3) is 0 Å². The number of hydrogen-bond acceptors (Lipinski definition) is 3. The van der Waals surface area contributed by atoms with Crippen molar-refractivity contribution in [2.45, 2.75) is 6.92 Å². The molecule has 1 N–H and O–H groups in total. The molecule has 0 aromatic heterocycles. The number of anilines is 1. The second-order valence-electron chi connectivity index (χ2n) is 3.01. The van der Waals surface area contributed by atoms with Gasteiger partial charge in [-0.2, -0.15) is 12.6 Å². The molecule has 5 heteroatoms. The Bertz CT molecular complexity index is 382. The van der Waals surface area contributed by atoms with Crippen LogP contribution in [0.4, 0.5) is 5.69 Å². The highest BCUT2D eigenvalue weighted by molar-refractivity contribution is 7.81. The molecule has 0 unspecified atom stereocenters. The quantitative estimate of drug-likeness (QED) is 0.804. The second-order valence-corrected chi connectivity index (χ2v) is 3.73. The number of ether oxygens (including phenoxy) is 1. The summed E-state index contributed by atoms with van der Waals surface area (Å²) in [4.78, 5) is 11.1. The molecule has 0 radical (unpaired) electrons. The Balaban J connectivity index is 3.00. The van der Waals surface area contributed by atoms with Crippen molar-refractivity contribution in [1.82, 2.24) is 0 Å². The molecule has 1 amide bonds. The van der Waals surface area contributed by atoms with Gasteiger partial charge in [0.25, 0.3) is 0 Å². The molecule has 0 aliphatic heterocycles. The standard InChI is InChI=1S/C10H12ClNO2S/c1-6-3-9(14-2)7(11)4-8(6)12-10(13)5-15/h3-4,15H,5H2,1-2H3,(H,12,13). The van der Waals surface area contributed by atoms with Gasteiger partial charge in [0, 0.05) is 5.69 Å². The van der Waals surface area contributed by atoms with E-state index in [1.807, 2.05) is 6.92 Å². The Hall–Kier alpha value is -0.870. The molecule has 0 fully saturated rings. The van der Waals surface area contributed by atoms with Crippen molar-refractivity contribution < 1.29 is 9.53 Å². The zero-order valence-electron chi connectivity index (χ0n) is 8.50. The van der Waals surface area contributed by atoms with Crippen LogP contribution in [0, 0.1) is 6.92 Å². The first-order valence-corrected chi connectivity index (χ1v) is 5.34. The van der Waals surface area contributed by atoms with Crippen molar-refractivity contribution in [3.8, 4) is 5.75 Å². The lowest BCUT2D eigenvalue weighted by Gasteiger charge is -2.10. The number of aryl methyl sites for hydroxylation is 1. The van der Waals surface area contributed by atoms with E-state index in [4.69, 9.17) is 16.3 Å². The molecule has 0 saturated heterocycles. The van der Waals surface area contributed by atoms with Gasteiger partial charge in [0.05, 0.1) is 17.9 Å². The van der Waals surface area contributed by atoms with Gasteiger partial charge in [0.2, 0.25) is 5.91 Å². The minimum Gasteiger partial charge on any atom is -0.495 e. The van der Waals surface area contributed by atoms with Gasteiger partial charge in [-0.25, -0.2) is 0 Å². The first-order chi connectivity index (χ1) is 7.08. The minimum absolute atomic E-state index is 0.142. The van der Waals surface area contributed by atoms with Gasteiger partial charge in [-0.15, -0.1) is 0 Å². The summed E-state index contributed by atoms with van der Waals surface area (Å²) in [5.74, 6) is 0.573. The first kappa shape index (κ1) is 12.2. The average Bonchev–Trinajstić information content (AvgIpc) is 2.22. The molecule has 3 nitrogen and oxygen atoms in total. The SMILES string of the molecule is COc1cc(C)c(NC(=O)CS)cc1Cl. The number of hydrogen-bond donors (Lipinski definition) is 2. The Kier molecular flexibility index (Phi) is 4.29. The number of amides is 1. The third-order valence-electron chi connectivity index (χ3n) is 1.92. The van der Waals surface area contributed by atoms with Crippen molar-refractivity contribution >= 4 is 35.8 Å². The highest BCUT2D eigenvalue weighted by Gasteiger charge is 2.08. The lowest BCUT2D eigenvalue weighted by molar-refractivity contribution is -0.113. The molecule has 0 aliphatic carbocycles. The van der Waals surface area contributed by atoms with E-state index in [0.29, 0.717) is 16.5 Å². The number of halogens is 1. The fraction of sp³-hybridized carbons (Fsp3) is 0.300. The Morgan fingerprint density at radius 3 is 2.80 bits per heavy atom. The zero-order chi connectivity index (χ0) is 11.4. The fourth-order valence-corrected chi connectivity index (χ4v) is 1.46. The van der Waals surface area contributed by atoms with Gasteiger partial charge in [-0.05, 0) is 24.6 Å². The molecule has 0 heterocycles. The molecule has 0 bridgehead atoms. The highest BCUT2D eigenvalue weighted by atomic mass is 35.5. The van der Waals surface area contributed by atoms with E-state index in [0.717, 1.165) is 5.56 Å². The van der Waals surface area contributed by atoms with E-state index in [1.165, 1.54) is 0 Å². The molecule has 1 aromatic carbocycles. The second kappa shape index (κ2) is 5.28. The normalized spacial score (nSPS) is 9.87. The van der Waals surface area contributed by atoms with Crippen LogP contribution < -0.4 is 10.1 Å². The topological polar surface area (TPSA) is 38.3 Å². The van der Waals surface area contributed by atoms with Gasteiger partial charge in [-0.1, -0.05) is 11.6 Å². The lowest BCUT2D eigenvalue weighted by Crippen LogP contribution is -2.13. The van der Waals surface area contributed by atoms with Gasteiger partial charge in [0.1, 0.15) is 5.75 Å². The molecule has 82 valence electrons. The summed E-state index contributed by atoms with van der Waals surface area (Å²) in [5, 5.41) is 3.17. The number of nitrogens with one attached hydrogen (secondary N) is 1. The number of carbonyl (C=O) groups excluding carboxylic acids is 1. The zero-order valence-corrected chi connectivity index (χ0v) is 10.2. The van der Waals surface area contributed by atoms with E-state index in [9.17, 15) is 4.79 Å². The van der Waals surface area contributed by atoms with Crippen LogP contribution in [-0.2, 0) is 4.79 Å². The number of rotatable bonds is 3. The van der Waals surface area contributed by atoms with E-state index in [2.05, 4.69) is 17.9 Å².